The number of amides is 3. The molecule has 2 aliphatic rings. The molecule has 0 atom stereocenters. The molecular formula is C26H27N3O4S2. The highest BCUT2D eigenvalue weighted by Crippen LogP contribution is 2.37. The Labute approximate surface area is 212 Å². The Bertz CT molecular complexity index is 1200. The number of hydrogen-bond acceptors (Lipinski definition) is 6. The normalized spacial score (nSPS) is 16.9. The van der Waals surface area contributed by atoms with Gasteiger partial charge in [-0.05, 0) is 72.3 Å². The first-order valence-electron chi connectivity index (χ1n) is 11.7. The number of rotatable bonds is 5. The second kappa shape index (κ2) is 10.3. The Morgan fingerprint density at radius 3 is 2.54 bits per heavy atom. The molecule has 2 aromatic heterocycles. The number of benzene rings is 1. The summed E-state index contributed by atoms with van der Waals surface area (Å²) in [6, 6.07) is 13.3. The van der Waals surface area contributed by atoms with Crippen molar-refractivity contribution in [2.75, 3.05) is 36.5 Å². The molecule has 4 heterocycles. The third-order valence-electron chi connectivity index (χ3n) is 6.72. The molecule has 0 unspecified atom stereocenters. The van der Waals surface area contributed by atoms with E-state index in [9.17, 15) is 14.4 Å². The molecule has 0 radical (unpaired) electrons. The second-order valence-electron chi connectivity index (χ2n) is 8.89. The molecule has 1 saturated heterocycles. The van der Waals surface area contributed by atoms with Gasteiger partial charge in [-0.15, -0.1) is 22.7 Å². The van der Waals surface area contributed by atoms with Crippen LogP contribution in [-0.4, -0.2) is 44.0 Å². The Kier molecular flexibility index (Phi) is 6.99. The third-order valence-corrected chi connectivity index (χ3v) is 8.69. The first-order valence-corrected chi connectivity index (χ1v) is 13.5. The molecule has 0 spiro atoms. The summed E-state index contributed by atoms with van der Waals surface area (Å²) in [7, 11) is 0. The van der Waals surface area contributed by atoms with E-state index in [1.807, 2.05) is 41.1 Å². The number of nitrogens with one attached hydrogen (secondary N) is 2. The van der Waals surface area contributed by atoms with E-state index in [-0.39, 0.29) is 11.3 Å². The Balaban J connectivity index is 1.24. The number of aryl methyl sites for hydroxylation is 1. The van der Waals surface area contributed by atoms with Crippen molar-refractivity contribution in [2.24, 2.45) is 0 Å². The number of thiophene rings is 2. The van der Waals surface area contributed by atoms with Crippen molar-refractivity contribution in [3.05, 3.63) is 68.5 Å². The van der Waals surface area contributed by atoms with Crippen molar-refractivity contribution < 1.29 is 19.1 Å². The monoisotopic (exact) mass is 509 g/mol. The topological polar surface area (TPSA) is 87.7 Å². The Hall–Kier alpha value is -3.01. The molecule has 35 heavy (non-hydrogen) atoms. The largest absolute Gasteiger partial charge is 0.381 e. The van der Waals surface area contributed by atoms with Crippen LogP contribution in [0.2, 0.25) is 0 Å². The van der Waals surface area contributed by atoms with E-state index < -0.39 is 11.8 Å². The van der Waals surface area contributed by atoms with E-state index in [4.69, 9.17) is 4.74 Å². The van der Waals surface area contributed by atoms with Crippen LogP contribution >= 0.6 is 22.7 Å². The molecule has 0 aliphatic carbocycles. The van der Waals surface area contributed by atoms with Gasteiger partial charge in [0, 0.05) is 48.0 Å². The fraction of sp³-hybridized carbons (Fsp3) is 0.346. The van der Waals surface area contributed by atoms with Crippen LogP contribution < -0.4 is 15.5 Å². The van der Waals surface area contributed by atoms with Gasteiger partial charge in [0.2, 0.25) is 0 Å². The summed E-state index contributed by atoms with van der Waals surface area (Å²) in [5, 5.41) is 9.50. The molecule has 182 valence electrons. The van der Waals surface area contributed by atoms with Gasteiger partial charge in [0.1, 0.15) is 0 Å². The van der Waals surface area contributed by atoms with Crippen LogP contribution in [0.15, 0.2) is 53.2 Å². The number of hydrogen-bond donors (Lipinski definition) is 2. The zero-order valence-corrected chi connectivity index (χ0v) is 20.9. The average Bonchev–Trinajstić information content (AvgIpc) is 3.62. The molecule has 1 aromatic carbocycles. The first-order chi connectivity index (χ1) is 17.1. The Morgan fingerprint density at radius 1 is 1.00 bits per heavy atom. The van der Waals surface area contributed by atoms with Gasteiger partial charge in [0.15, 0.2) is 0 Å². The summed E-state index contributed by atoms with van der Waals surface area (Å²) in [6.07, 6.45) is 3.27. The molecule has 0 bridgehead atoms. The lowest BCUT2D eigenvalue weighted by atomic mass is 9.78. The van der Waals surface area contributed by atoms with E-state index >= 15 is 0 Å². The maximum absolute atomic E-state index is 12.9. The zero-order valence-electron chi connectivity index (χ0n) is 19.2. The molecule has 0 saturated carbocycles. The van der Waals surface area contributed by atoms with E-state index in [2.05, 4.69) is 16.7 Å². The van der Waals surface area contributed by atoms with Crippen LogP contribution in [0.25, 0.3) is 0 Å². The van der Waals surface area contributed by atoms with Gasteiger partial charge in [-0.2, -0.15) is 0 Å². The van der Waals surface area contributed by atoms with Crippen molar-refractivity contribution in [3.63, 3.8) is 0 Å². The molecule has 9 heteroatoms. The van der Waals surface area contributed by atoms with Crippen molar-refractivity contribution in [2.45, 2.75) is 31.1 Å². The van der Waals surface area contributed by atoms with Crippen molar-refractivity contribution in [1.29, 1.82) is 0 Å². The SMILES string of the molecule is O=C(NCC1(c2cccs2)CCOCC1)C(=O)Nc1ccc2c(c1)CCCN2C(=O)c1cccs1. The molecule has 2 aliphatic heterocycles. The van der Waals surface area contributed by atoms with Crippen LogP contribution in [0, 0.1) is 0 Å². The minimum absolute atomic E-state index is 0.00936. The van der Waals surface area contributed by atoms with Gasteiger partial charge in [-0.1, -0.05) is 12.1 Å². The number of fused-ring (bicyclic) bond motifs is 1. The molecule has 7 nitrogen and oxygen atoms in total. The molecule has 5 rings (SSSR count). The molecule has 3 aromatic rings. The number of anilines is 2. The van der Waals surface area contributed by atoms with Gasteiger partial charge in [0.05, 0.1) is 4.88 Å². The fourth-order valence-electron chi connectivity index (χ4n) is 4.79. The lowest BCUT2D eigenvalue weighted by molar-refractivity contribution is -0.136. The van der Waals surface area contributed by atoms with Crippen LogP contribution in [0.5, 0.6) is 0 Å². The van der Waals surface area contributed by atoms with Crippen LogP contribution in [0.1, 0.15) is 39.4 Å². The summed E-state index contributed by atoms with van der Waals surface area (Å²) in [6.45, 7) is 2.34. The fourth-order valence-corrected chi connectivity index (χ4v) is 6.45. The standard InChI is InChI=1S/C26H27N3O4S2/c30-23(27-17-26(9-12-33-13-10-26)22-6-3-15-35-22)24(31)28-19-7-8-20-18(16-19)4-1-11-29(20)25(32)21-5-2-14-34-21/h2-3,5-8,14-16H,1,4,9-13,17H2,(H,27,30)(H,28,31). The Morgan fingerprint density at radius 2 is 1.80 bits per heavy atom. The summed E-state index contributed by atoms with van der Waals surface area (Å²) in [4.78, 5) is 41.9. The molecule has 2 N–H and O–H groups in total. The summed E-state index contributed by atoms with van der Waals surface area (Å²) in [5.41, 5.74) is 2.19. The summed E-state index contributed by atoms with van der Waals surface area (Å²) >= 11 is 3.10. The van der Waals surface area contributed by atoms with Crippen molar-refractivity contribution in [3.8, 4) is 0 Å². The first kappa shape index (κ1) is 23.7. The number of carbonyl (C=O) groups is 3. The van der Waals surface area contributed by atoms with E-state index in [1.165, 1.54) is 16.2 Å². The highest BCUT2D eigenvalue weighted by molar-refractivity contribution is 7.12. The maximum atomic E-state index is 12.9. The number of ether oxygens (including phenoxy) is 1. The minimum atomic E-state index is -0.694. The predicted octanol–water partition coefficient (Wildman–Crippen LogP) is 4.21. The number of nitrogens with zero attached hydrogens (tertiary/aromatic N) is 1. The van der Waals surface area contributed by atoms with Gasteiger partial charge in [-0.3, -0.25) is 14.4 Å². The van der Waals surface area contributed by atoms with Crippen LogP contribution in [0.4, 0.5) is 11.4 Å². The highest BCUT2D eigenvalue weighted by atomic mass is 32.1. The molecule has 3 amide bonds. The van der Waals surface area contributed by atoms with Gasteiger partial charge in [-0.25, -0.2) is 0 Å². The van der Waals surface area contributed by atoms with Gasteiger partial charge >= 0.3 is 11.8 Å². The van der Waals surface area contributed by atoms with E-state index in [0.717, 1.165) is 36.9 Å². The van der Waals surface area contributed by atoms with Crippen molar-refractivity contribution >= 4 is 51.8 Å². The minimum Gasteiger partial charge on any atom is -0.381 e. The number of carbonyl (C=O) groups excluding carboxylic acids is 3. The summed E-state index contributed by atoms with van der Waals surface area (Å²) < 4.78 is 5.53. The quantitative estimate of drug-likeness (QED) is 0.505. The zero-order chi connectivity index (χ0) is 24.3. The average molecular weight is 510 g/mol. The lowest BCUT2D eigenvalue weighted by Gasteiger charge is -2.36. The summed E-state index contributed by atoms with van der Waals surface area (Å²) in [5.74, 6) is -1.36. The molecule has 1 fully saturated rings. The van der Waals surface area contributed by atoms with Crippen LogP contribution in [0.3, 0.4) is 0 Å². The van der Waals surface area contributed by atoms with E-state index in [1.54, 1.807) is 22.3 Å². The van der Waals surface area contributed by atoms with Crippen molar-refractivity contribution in [1.82, 2.24) is 5.32 Å². The van der Waals surface area contributed by atoms with Gasteiger partial charge in [0.25, 0.3) is 5.91 Å². The predicted molar refractivity (Wildman–Crippen MR) is 138 cm³/mol. The van der Waals surface area contributed by atoms with Gasteiger partial charge < -0.3 is 20.3 Å². The maximum Gasteiger partial charge on any atom is 0.313 e. The van der Waals surface area contributed by atoms with E-state index in [0.29, 0.717) is 36.9 Å². The second-order valence-corrected chi connectivity index (χ2v) is 10.8. The smallest absolute Gasteiger partial charge is 0.313 e. The van der Waals surface area contributed by atoms with Crippen LogP contribution in [-0.2, 0) is 26.2 Å². The lowest BCUT2D eigenvalue weighted by Crippen LogP contribution is -2.46. The molecular weight excluding hydrogens is 482 g/mol. The highest BCUT2D eigenvalue weighted by Gasteiger charge is 2.36. The third kappa shape index (κ3) is 5.03.